The number of carboxylic acid groups (broad SMARTS) is 1. The van der Waals surface area contributed by atoms with Crippen LogP contribution in [0.15, 0.2) is 53.5 Å². The van der Waals surface area contributed by atoms with Crippen LogP contribution in [0.2, 0.25) is 0 Å². The molecule has 32 heavy (non-hydrogen) atoms. The fraction of sp³-hybridized carbons (Fsp3) is 0.273. The molecule has 2 atom stereocenters. The number of rotatable bonds is 7. The molecule has 3 aromatic rings. The van der Waals surface area contributed by atoms with Crippen molar-refractivity contribution >= 4 is 23.6 Å². The number of carbonyl (C=O) groups is 2. The SMILES string of the molecule is CCOC(=O)c1ccc(COc2cccc(C3C(C(=O)O)C(C)=Nc4nnnn43)c2)cc1. The molecule has 1 aliphatic rings. The van der Waals surface area contributed by atoms with Crippen LogP contribution in [0.25, 0.3) is 0 Å². The van der Waals surface area contributed by atoms with E-state index in [9.17, 15) is 14.7 Å². The Kier molecular flexibility index (Phi) is 5.93. The number of hydrogen-bond acceptors (Lipinski definition) is 8. The second-order valence-electron chi connectivity index (χ2n) is 7.22. The first-order valence-corrected chi connectivity index (χ1v) is 10.0. The number of carboxylic acids is 1. The van der Waals surface area contributed by atoms with E-state index < -0.39 is 17.9 Å². The van der Waals surface area contributed by atoms with Crippen molar-refractivity contribution in [2.45, 2.75) is 26.5 Å². The van der Waals surface area contributed by atoms with Gasteiger partial charge in [-0.2, -0.15) is 0 Å². The Balaban J connectivity index is 1.53. The minimum absolute atomic E-state index is 0.262. The zero-order valence-corrected chi connectivity index (χ0v) is 17.5. The highest BCUT2D eigenvalue weighted by molar-refractivity contribution is 6.02. The molecule has 0 bridgehead atoms. The topological polar surface area (TPSA) is 129 Å². The van der Waals surface area contributed by atoms with Crippen LogP contribution < -0.4 is 4.74 Å². The molecule has 2 unspecified atom stereocenters. The highest BCUT2D eigenvalue weighted by atomic mass is 16.5. The van der Waals surface area contributed by atoms with Crippen molar-refractivity contribution in [1.82, 2.24) is 20.2 Å². The lowest BCUT2D eigenvalue weighted by molar-refractivity contribution is -0.140. The molecule has 0 saturated heterocycles. The Labute approximate surface area is 183 Å². The van der Waals surface area contributed by atoms with Crippen molar-refractivity contribution < 1.29 is 24.2 Å². The molecule has 2 aromatic carbocycles. The molecule has 0 saturated carbocycles. The number of benzene rings is 2. The third-order valence-electron chi connectivity index (χ3n) is 5.12. The molecule has 0 fully saturated rings. The van der Waals surface area contributed by atoms with E-state index in [0.29, 0.717) is 29.2 Å². The number of tetrazole rings is 1. The number of aliphatic carboxylic acids is 1. The molecule has 1 N–H and O–H groups in total. The van der Waals surface area contributed by atoms with Crippen molar-refractivity contribution in [1.29, 1.82) is 0 Å². The van der Waals surface area contributed by atoms with Crippen molar-refractivity contribution in [3.63, 3.8) is 0 Å². The van der Waals surface area contributed by atoms with E-state index in [0.717, 1.165) is 5.56 Å². The number of nitrogens with zero attached hydrogens (tertiary/aromatic N) is 5. The summed E-state index contributed by atoms with van der Waals surface area (Å²) < 4.78 is 12.3. The number of fused-ring (bicyclic) bond motifs is 1. The molecule has 0 radical (unpaired) electrons. The van der Waals surface area contributed by atoms with E-state index in [2.05, 4.69) is 20.5 Å². The predicted octanol–water partition coefficient (Wildman–Crippen LogP) is 2.83. The Morgan fingerprint density at radius 2 is 1.94 bits per heavy atom. The standard InChI is InChI=1S/C22H21N5O5/c1-3-31-21(30)15-9-7-14(8-10-15)12-32-17-6-4-5-16(11-17)19-18(20(28)29)13(2)23-22-24-25-26-27(19)22/h4-11,18-19H,3,12H2,1-2H3,(H,28,29). The maximum atomic E-state index is 12.0. The summed E-state index contributed by atoms with van der Waals surface area (Å²) in [6.07, 6.45) is 0. The van der Waals surface area contributed by atoms with Gasteiger partial charge in [-0.15, -0.1) is 0 Å². The smallest absolute Gasteiger partial charge is 0.338 e. The summed E-state index contributed by atoms with van der Waals surface area (Å²) in [6, 6.07) is 13.5. The van der Waals surface area contributed by atoms with Crippen LogP contribution in [0.4, 0.5) is 5.95 Å². The van der Waals surface area contributed by atoms with Gasteiger partial charge in [0.05, 0.1) is 12.2 Å². The van der Waals surface area contributed by atoms with Gasteiger partial charge < -0.3 is 14.6 Å². The van der Waals surface area contributed by atoms with Gasteiger partial charge in [-0.3, -0.25) is 4.79 Å². The molecule has 1 aliphatic heterocycles. The van der Waals surface area contributed by atoms with Gasteiger partial charge in [-0.05, 0) is 59.7 Å². The largest absolute Gasteiger partial charge is 0.489 e. The summed E-state index contributed by atoms with van der Waals surface area (Å²) in [7, 11) is 0. The Bertz CT molecular complexity index is 1170. The minimum atomic E-state index is -1.01. The summed E-state index contributed by atoms with van der Waals surface area (Å²) >= 11 is 0. The van der Waals surface area contributed by atoms with Gasteiger partial charge in [0.25, 0.3) is 5.95 Å². The zero-order chi connectivity index (χ0) is 22.7. The van der Waals surface area contributed by atoms with Crippen molar-refractivity contribution in [2.24, 2.45) is 10.9 Å². The number of hydrogen-bond donors (Lipinski definition) is 1. The molecule has 0 amide bonds. The molecule has 0 spiro atoms. The molecule has 10 nitrogen and oxygen atoms in total. The first kappa shape index (κ1) is 21.2. The number of esters is 1. The van der Waals surface area contributed by atoms with Crippen LogP contribution in [0.1, 0.15) is 41.4 Å². The lowest BCUT2D eigenvalue weighted by Gasteiger charge is -2.27. The zero-order valence-electron chi connectivity index (χ0n) is 17.5. The lowest BCUT2D eigenvalue weighted by Crippen LogP contribution is -2.35. The van der Waals surface area contributed by atoms with E-state index >= 15 is 0 Å². The summed E-state index contributed by atoms with van der Waals surface area (Å²) in [6.45, 7) is 4.01. The monoisotopic (exact) mass is 435 g/mol. The second-order valence-corrected chi connectivity index (χ2v) is 7.22. The molecular weight excluding hydrogens is 414 g/mol. The van der Waals surface area contributed by atoms with Gasteiger partial charge in [0.2, 0.25) is 0 Å². The van der Waals surface area contributed by atoms with Crippen molar-refractivity contribution in [2.75, 3.05) is 6.61 Å². The average Bonchev–Trinajstić information content (AvgIpc) is 3.25. The van der Waals surface area contributed by atoms with Crippen molar-refractivity contribution in [3.05, 3.63) is 65.2 Å². The summed E-state index contributed by atoms with van der Waals surface area (Å²) in [5.41, 5.74) is 2.47. The fourth-order valence-electron chi connectivity index (χ4n) is 3.59. The minimum Gasteiger partial charge on any atom is -0.489 e. The van der Waals surface area contributed by atoms with Gasteiger partial charge in [-0.1, -0.05) is 29.4 Å². The van der Waals surface area contributed by atoms with Crippen LogP contribution in [0.5, 0.6) is 5.75 Å². The first-order chi connectivity index (χ1) is 15.5. The molecule has 2 heterocycles. The molecular formula is C22H21N5O5. The highest BCUT2D eigenvalue weighted by Gasteiger charge is 2.39. The average molecular weight is 435 g/mol. The maximum Gasteiger partial charge on any atom is 0.338 e. The van der Waals surface area contributed by atoms with E-state index in [1.807, 2.05) is 6.07 Å². The lowest BCUT2D eigenvalue weighted by atomic mass is 9.88. The molecule has 10 heteroatoms. The molecule has 164 valence electrons. The first-order valence-electron chi connectivity index (χ1n) is 10.0. The van der Waals surface area contributed by atoms with Crippen LogP contribution in [0, 0.1) is 5.92 Å². The number of carbonyl (C=O) groups excluding carboxylic acids is 1. The van der Waals surface area contributed by atoms with E-state index in [-0.39, 0.29) is 18.5 Å². The third kappa shape index (κ3) is 4.20. The quantitative estimate of drug-likeness (QED) is 0.561. The molecule has 0 aliphatic carbocycles. The Morgan fingerprint density at radius 3 is 2.66 bits per heavy atom. The number of aromatic nitrogens is 4. The van der Waals surface area contributed by atoms with Crippen LogP contribution in [0.3, 0.4) is 0 Å². The molecule has 4 rings (SSSR count). The normalized spacial score (nSPS) is 17.2. The van der Waals surface area contributed by atoms with Gasteiger partial charge >= 0.3 is 11.9 Å². The van der Waals surface area contributed by atoms with E-state index in [1.54, 1.807) is 56.3 Å². The van der Waals surface area contributed by atoms with Gasteiger partial charge in [0.15, 0.2) is 0 Å². The van der Waals surface area contributed by atoms with E-state index in [4.69, 9.17) is 9.47 Å². The third-order valence-corrected chi connectivity index (χ3v) is 5.12. The van der Waals surface area contributed by atoms with Crippen LogP contribution in [-0.2, 0) is 16.1 Å². The summed E-state index contributed by atoms with van der Waals surface area (Å²) in [5.74, 6) is -1.45. The van der Waals surface area contributed by atoms with Crippen molar-refractivity contribution in [3.8, 4) is 5.75 Å². The Morgan fingerprint density at radius 1 is 1.16 bits per heavy atom. The number of ether oxygens (including phenoxy) is 2. The highest BCUT2D eigenvalue weighted by Crippen LogP contribution is 2.35. The molecule has 1 aromatic heterocycles. The van der Waals surface area contributed by atoms with Crippen LogP contribution >= 0.6 is 0 Å². The van der Waals surface area contributed by atoms with Gasteiger partial charge in [-0.25, -0.2) is 14.5 Å². The summed E-state index contributed by atoms with van der Waals surface area (Å²) in [5, 5.41) is 21.2. The Hall–Kier alpha value is -4.08. The van der Waals surface area contributed by atoms with Gasteiger partial charge in [0, 0.05) is 5.71 Å². The van der Waals surface area contributed by atoms with E-state index in [1.165, 1.54) is 4.68 Å². The second kappa shape index (κ2) is 8.96. The van der Waals surface area contributed by atoms with Crippen LogP contribution in [-0.4, -0.2) is 49.6 Å². The fourth-order valence-corrected chi connectivity index (χ4v) is 3.59. The predicted molar refractivity (Wildman–Crippen MR) is 113 cm³/mol. The number of aliphatic imine (C=N–C) groups is 1. The van der Waals surface area contributed by atoms with Gasteiger partial charge in [0.1, 0.15) is 24.3 Å². The summed E-state index contributed by atoms with van der Waals surface area (Å²) in [4.78, 5) is 27.9. The maximum absolute atomic E-state index is 12.0.